The van der Waals surface area contributed by atoms with Crippen LogP contribution in [0.15, 0.2) is 29.3 Å². The van der Waals surface area contributed by atoms with Crippen molar-refractivity contribution in [2.45, 2.75) is 18.9 Å². The van der Waals surface area contributed by atoms with E-state index in [9.17, 15) is 4.79 Å². The number of hydrogen-bond donors (Lipinski definition) is 3. The molecule has 6 heteroatoms. The highest BCUT2D eigenvalue weighted by atomic mass is 16.5. The summed E-state index contributed by atoms with van der Waals surface area (Å²) in [7, 11) is 1.61. The van der Waals surface area contributed by atoms with Crippen LogP contribution in [0.3, 0.4) is 0 Å². The molecule has 1 aromatic carbocycles. The van der Waals surface area contributed by atoms with E-state index in [1.54, 1.807) is 7.11 Å². The van der Waals surface area contributed by atoms with E-state index in [2.05, 4.69) is 15.6 Å². The average molecular weight is 262 g/mol. The Kier molecular flexibility index (Phi) is 4.22. The summed E-state index contributed by atoms with van der Waals surface area (Å²) in [6.45, 7) is 0.0471. The second kappa shape index (κ2) is 6.08. The van der Waals surface area contributed by atoms with E-state index in [1.165, 1.54) is 0 Å². The lowest BCUT2D eigenvalue weighted by molar-refractivity contribution is -0.119. The number of amides is 1. The van der Waals surface area contributed by atoms with Crippen molar-refractivity contribution in [3.8, 4) is 5.75 Å². The summed E-state index contributed by atoms with van der Waals surface area (Å²) in [5, 5.41) is 5.75. The molecule has 1 aliphatic carbocycles. The number of nitrogens with zero attached hydrogens (tertiary/aromatic N) is 1. The topological polar surface area (TPSA) is 88.7 Å². The van der Waals surface area contributed by atoms with Crippen molar-refractivity contribution < 1.29 is 9.53 Å². The van der Waals surface area contributed by atoms with E-state index < -0.39 is 0 Å². The Labute approximate surface area is 112 Å². The summed E-state index contributed by atoms with van der Waals surface area (Å²) >= 11 is 0. The summed E-state index contributed by atoms with van der Waals surface area (Å²) in [4.78, 5) is 15.4. The van der Waals surface area contributed by atoms with E-state index in [-0.39, 0.29) is 18.4 Å². The van der Waals surface area contributed by atoms with Gasteiger partial charge in [-0.2, -0.15) is 0 Å². The van der Waals surface area contributed by atoms with Gasteiger partial charge in [-0.1, -0.05) is 0 Å². The van der Waals surface area contributed by atoms with Gasteiger partial charge in [0, 0.05) is 11.7 Å². The van der Waals surface area contributed by atoms with E-state index in [0.29, 0.717) is 6.04 Å². The molecule has 0 aromatic heterocycles. The fourth-order valence-corrected chi connectivity index (χ4v) is 1.52. The molecule has 0 heterocycles. The molecule has 1 saturated carbocycles. The van der Waals surface area contributed by atoms with E-state index in [1.807, 2.05) is 24.3 Å². The van der Waals surface area contributed by atoms with Crippen molar-refractivity contribution in [2.24, 2.45) is 10.7 Å². The van der Waals surface area contributed by atoms with Crippen LogP contribution in [0.25, 0.3) is 0 Å². The second-order valence-electron chi connectivity index (χ2n) is 4.40. The van der Waals surface area contributed by atoms with Crippen LogP contribution < -0.4 is 21.1 Å². The molecule has 2 rings (SSSR count). The van der Waals surface area contributed by atoms with Gasteiger partial charge in [0.05, 0.1) is 7.11 Å². The van der Waals surface area contributed by atoms with Crippen molar-refractivity contribution in [3.05, 3.63) is 24.3 Å². The highest BCUT2D eigenvalue weighted by Gasteiger charge is 2.22. The summed E-state index contributed by atoms with van der Waals surface area (Å²) in [6, 6.07) is 7.63. The smallest absolute Gasteiger partial charge is 0.242 e. The molecular weight excluding hydrogens is 244 g/mol. The van der Waals surface area contributed by atoms with Gasteiger partial charge >= 0.3 is 0 Å². The zero-order valence-corrected chi connectivity index (χ0v) is 10.8. The van der Waals surface area contributed by atoms with Crippen molar-refractivity contribution in [1.82, 2.24) is 5.32 Å². The van der Waals surface area contributed by atoms with Crippen molar-refractivity contribution in [1.29, 1.82) is 0 Å². The number of carbonyl (C=O) groups is 1. The molecule has 0 atom stereocenters. The molecule has 0 saturated heterocycles. The molecule has 1 fully saturated rings. The molecule has 0 unspecified atom stereocenters. The monoisotopic (exact) mass is 262 g/mol. The Morgan fingerprint density at radius 1 is 1.42 bits per heavy atom. The van der Waals surface area contributed by atoms with Crippen molar-refractivity contribution in [2.75, 3.05) is 19.0 Å². The lowest BCUT2D eigenvalue weighted by Crippen LogP contribution is -2.30. The number of carbonyl (C=O) groups excluding carboxylic acids is 1. The molecule has 102 valence electrons. The van der Waals surface area contributed by atoms with Gasteiger partial charge in [-0.05, 0) is 37.1 Å². The van der Waals surface area contributed by atoms with Gasteiger partial charge < -0.3 is 21.1 Å². The molecule has 4 N–H and O–H groups in total. The lowest BCUT2D eigenvalue weighted by atomic mass is 10.3. The Hall–Kier alpha value is -2.24. The first-order chi connectivity index (χ1) is 9.17. The van der Waals surface area contributed by atoms with Gasteiger partial charge in [0.25, 0.3) is 0 Å². The third-order valence-corrected chi connectivity index (χ3v) is 2.70. The lowest BCUT2D eigenvalue weighted by Gasteiger charge is -2.06. The molecule has 1 amide bonds. The summed E-state index contributed by atoms with van der Waals surface area (Å²) in [5.74, 6) is 0.892. The van der Waals surface area contributed by atoms with Crippen molar-refractivity contribution in [3.63, 3.8) is 0 Å². The van der Waals surface area contributed by atoms with Gasteiger partial charge in [0.2, 0.25) is 5.91 Å². The number of aliphatic imine (C=N–C) groups is 1. The van der Waals surface area contributed by atoms with Crippen LogP contribution in [0.1, 0.15) is 12.8 Å². The number of hydrogen-bond acceptors (Lipinski definition) is 3. The Morgan fingerprint density at radius 3 is 2.68 bits per heavy atom. The fourth-order valence-electron chi connectivity index (χ4n) is 1.52. The number of anilines is 1. The maximum atomic E-state index is 11.4. The fraction of sp³-hybridized carbons (Fsp3) is 0.385. The van der Waals surface area contributed by atoms with Crippen LogP contribution in [-0.4, -0.2) is 31.6 Å². The largest absolute Gasteiger partial charge is 0.497 e. The van der Waals surface area contributed by atoms with Crippen LogP contribution in [-0.2, 0) is 4.79 Å². The van der Waals surface area contributed by atoms with Crippen molar-refractivity contribution >= 4 is 17.6 Å². The predicted octanol–water partition coefficient (Wildman–Crippen LogP) is 0.700. The van der Waals surface area contributed by atoms with E-state index in [4.69, 9.17) is 10.5 Å². The highest BCUT2D eigenvalue weighted by Crippen LogP contribution is 2.18. The SMILES string of the molecule is COc1ccc(NC(N)=NCC(=O)NC2CC2)cc1. The third kappa shape index (κ3) is 4.50. The van der Waals surface area contributed by atoms with Gasteiger partial charge in [-0.25, -0.2) is 4.99 Å². The van der Waals surface area contributed by atoms with Gasteiger partial charge in [-0.15, -0.1) is 0 Å². The van der Waals surface area contributed by atoms with Gasteiger partial charge in [-0.3, -0.25) is 4.79 Å². The predicted molar refractivity (Wildman–Crippen MR) is 74.3 cm³/mol. The summed E-state index contributed by atoms with van der Waals surface area (Å²) in [6.07, 6.45) is 2.13. The van der Waals surface area contributed by atoms with Gasteiger partial charge in [0.1, 0.15) is 12.3 Å². The quantitative estimate of drug-likeness (QED) is 0.538. The molecule has 0 spiro atoms. The molecular formula is C13H18N4O2. The first kappa shape index (κ1) is 13.2. The number of methoxy groups -OCH3 is 1. The molecule has 0 bridgehead atoms. The van der Waals surface area contributed by atoms with Crippen LogP contribution >= 0.6 is 0 Å². The third-order valence-electron chi connectivity index (χ3n) is 2.70. The second-order valence-corrected chi connectivity index (χ2v) is 4.40. The minimum absolute atomic E-state index is 0.0471. The average Bonchev–Trinajstić information content (AvgIpc) is 3.21. The van der Waals surface area contributed by atoms with E-state index in [0.717, 1.165) is 24.3 Å². The molecule has 0 aliphatic heterocycles. The van der Waals surface area contributed by atoms with Crippen LogP contribution in [0.5, 0.6) is 5.75 Å². The Balaban J connectivity index is 1.80. The normalized spacial score (nSPS) is 14.9. The maximum absolute atomic E-state index is 11.4. The molecule has 6 nitrogen and oxygen atoms in total. The first-order valence-electron chi connectivity index (χ1n) is 6.18. The Morgan fingerprint density at radius 2 is 2.11 bits per heavy atom. The number of benzene rings is 1. The van der Waals surface area contributed by atoms with Crippen LogP contribution in [0.4, 0.5) is 5.69 Å². The summed E-state index contributed by atoms with van der Waals surface area (Å²) in [5.41, 5.74) is 6.49. The molecule has 0 radical (unpaired) electrons. The number of nitrogens with one attached hydrogen (secondary N) is 2. The minimum Gasteiger partial charge on any atom is -0.497 e. The maximum Gasteiger partial charge on any atom is 0.242 e. The van der Waals surface area contributed by atoms with E-state index >= 15 is 0 Å². The minimum atomic E-state index is -0.0954. The number of guanidine groups is 1. The molecule has 1 aliphatic rings. The molecule has 1 aromatic rings. The van der Waals surface area contributed by atoms with Crippen LogP contribution in [0.2, 0.25) is 0 Å². The number of nitrogens with two attached hydrogens (primary N) is 1. The summed E-state index contributed by atoms with van der Waals surface area (Å²) < 4.78 is 5.05. The zero-order valence-electron chi connectivity index (χ0n) is 10.8. The van der Waals surface area contributed by atoms with Crippen LogP contribution in [0, 0.1) is 0 Å². The van der Waals surface area contributed by atoms with Gasteiger partial charge in [0.15, 0.2) is 5.96 Å². The number of rotatable bonds is 5. The molecule has 19 heavy (non-hydrogen) atoms. The highest BCUT2D eigenvalue weighted by molar-refractivity contribution is 5.93. The standard InChI is InChI=1S/C13H18N4O2/c1-19-11-6-4-10(5-7-11)17-13(14)15-8-12(18)16-9-2-3-9/h4-7,9H,2-3,8H2,1H3,(H,16,18)(H3,14,15,17). The Bertz CT molecular complexity index is 466. The first-order valence-corrected chi connectivity index (χ1v) is 6.18. The zero-order chi connectivity index (χ0) is 13.7. The number of ether oxygens (including phenoxy) is 1.